The minimum absolute atomic E-state index is 0.00976. The predicted octanol–water partition coefficient (Wildman–Crippen LogP) is 1.90. The van der Waals surface area contributed by atoms with E-state index in [-0.39, 0.29) is 18.1 Å². The number of non-ortho nitro benzene ring substituents is 1. The molecule has 0 spiro atoms. The van der Waals surface area contributed by atoms with Crippen molar-refractivity contribution in [2.24, 2.45) is 0 Å². The molecule has 1 atom stereocenters. The summed E-state index contributed by atoms with van der Waals surface area (Å²) in [5.74, 6) is -0.164. The van der Waals surface area contributed by atoms with E-state index in [1.165, 1.54) is 24.3 Å². The van der Waals surface area contributed by atoms with Crippen molar-refractivity contribution < 1.29 is 14.6 Å². The first-order valence-corrected chi connectivity index (χ1v) is 7.42. The zero-order valence-electron chi connectivity index (χ0n) is 12.6. The molecule has 2 aromatic carbocycles. The Labute approximate surface area is 138 Å². The van der Waals surface area contributed by atoms with E-state index in [1.807, 2.05) is 31.3 Å². The molecule has 23 heavy (non-hydrogen) atoms. The number of halogens is 1. The summed E-state index contributed by atoms with van der Waals surface area (Å²) in [6.07, 6.45) is 0. The highest BCUT2D eigenvalue weighted by atomic mass is 35.5. The average Bonchev–Trinajstić information content (AvgIpc) is 2.50. The third-order valence-electron chi connectivity index (χ3n) is 3.27. The van der Waals surface area contributed by atoms with Gasteiger partial charge in [-0.15, -0.1) is 0 Å². The fourth-order valence-electron chi connectivity index (χ4n) is 2.18. The number of carbonyl (C=O) groups is 1. The molecule has 0 fully saturated rings. The molecule has 2 N–H and O–H groups in total. The molecule has 0 aromatic heterocycles. The van der Waals surface area contributed by atoms with Gasteiger partial charge in [0.1, 0.15) is 6.54 Å². The highest BCUT2D eigenvalue weighted by molar-refractivity contribution is 6.31. The number of benzene rings is 2. The number of hydrogen-bond donors (Lipinski definition) is 2. The highest BCUT2D eigenvalue weighted by Gasteiger charge is 2.13. The predicted molar refractivity (Wildman–Crippen MR) is 88.6 cm³/mol. The number of nitro groups is 1. The topological polar surface area (TPSA) is 76.7 Å². The Morgan fingerprint density at radius 1 is 1.22 bits per heavy atom. The van der Waals surface area contributed by atoms with E-state index in [0.717, 1.165) is 10.5 Å². The molecule has 0 heterocycles. The minimum Gasteiger partial charge on any atom is -0.326 e. The Morgan fingerprint density at radius 2 is 1.87 bits per heavy atom. The number of anilines is 1. The van der Waals surface area contributed by atoms with Crippen molar-refractivity contribution in [1.29, 1.82) is 0 Å². The van der Waals surface area contributed by atoms with Crippen LogP contribution < -0.4 is 10.2 Å². The lowest BCUT2D eigenvalue weighted by Crippen LogP contribution is -3.08. The van der Waals surface area contributed by atoms with Gasteiger partial charge in [-0.1, -0.05) is 29.8 Å². The van der Waals surface area contributed by atoms with Crippen molar-refractivity contribution in [3.63, 3.8) is 0 Å². The van der Waals surface area contributed by atoms with Crippen LogP contribution in [0.5, 0.6) is 0 Å². The molecule has 2 aromatic rings. The molecule has 0 saturated heterocycles. The third kappa shape index (κ3) is 5.05. The van der Waals surface area contributed by atoms with Crippen LogP contribution in [0.15, 0.2) is 48.5 Å². The Balaban J connectivity index is 1.89. The molecule has 0 aliphatic heterocycles. The van der Waals surface area contributed by atoms with Gasteiger partial charge in [-0.3, -0.25) is 14.9 Å². The largest absolute Gasteiger partial charge is 0.326 e. The maximum absolute atomic E-state index is 12.0. The van der Waals surface area contributed by atoms with Gasteiger partial charge < -0.3 is 10.2 Å². The molecule has 7 heteroatoms. The molecular formula is C16H17ClN3O3+. The molecule has 0 saturated carbocycles. The van der Waals surface area contributed by atoms with Gasteiger partial charge in [0.05, 0.1) is 12.0 Å². The van der Waals surface area contributed by atoms with Crippen LogP contribution in [0, 0.1) is 10.1 Å². The summed E-state index contributed by atoms with van der Waals surface area (Å²) in [6, 6.07) is 13.3. The number of nitrogens with one attached hydrogen (secondary N) is 2. The lowest BCUT2D eigenvalue weighted by Gasteiger charge is -2.14. The van der Waals surface area contributed by atoms with Crippen LogP contribution in [0.3, 0.4) is 0 Å². The molecule has 0 radical (unpaired) electrons. The van der Waals surface area contributed by atoms with Crippen molar-refractivity contribution in [3.8, 4) is 0 Å². The van der Waals surface area contributed by atoms with E-state index in [9.17, 15) is 14.9 Å². The first-order chi connectivity index (χ1) is 11.0. The zero-order chi connectivity index (χ0) is 16.8. The summed E-state index contributed by atoms with van der Waals surface area (Å²) in [7, 11) is 1.90. The Morgan fingerprint density at radius 3 is 2.48 bits per heavy atom. The number of nitrogens with zero attached hydrogens (tertiary/aromatic N) is 1. The van der Waals surface area contributed by atoms with Gasteiger partial charge in [0.15, 0.2) is 6.54 Å². The quantitative estimate of drug-likeness (QED) is 0.625. The number of hydrogen-bond acceptors (Lipinski definition) is 3. The summed E-state index contributed by atoms with van der Waals surface area (Å²) in [4.78, 5) is 23.1. The second-order valence-corrected chi connectivity index (χ2v) is 5.66. The monoisotopic (exact) mass is 334 g/mol. The van der Waals surface area contributed by atoms with Gasteiger partial charge in [-0.2, -0.15) is 0 Å². The van der Waals surface area contributed by atoms with Crippen LogP contribution in [0.2, 0.25) is 5.02 Å². The summed E-state index contributed by atoms with van der Waals surface area (Å²) in [6.45, 7) is 0.898. The maximum Gasteiger partial charge on any atom is 0.279 e. The summed E-state index contributed by atoms with van der Waals surface area (Å²) >= 11 is 6.11. The van der Waals surface area contributed by atoms with Gasteiger partial charge in [-0.25, -0.2) is 0 Å². The SMILES string of the molecule is C[NH+](CC(=O)Nc1ccc([N+](=O)[O-])cc1)Cc1ccccc1Cl. The van der Waals surface area contributed by atoms with Crippen molar-refractivity contribution in [2.75, 3.05) is 18.9 Å². The third-order valence-corrected chi connectivity index (χ3v) is 3.64. The molecule has 6 nitrogen and oxygen atoms in total. The number of nitro benzene ring substituents is 1. The molecule has 0 aliphatic carbocycles. The normalized spacial score (nSPS) is 11.7. The van der Waals surface area contributed by atoms with Crippen molar-refractivity contribution in [3.05, 3.63) is 69.2 Å². The average molecular weight is 335 g/mol. The maximum atomic E-state index is 12.0. The van der Waals surface area contributed by atoms with Crippen LogP contribution in [-0.2, 0) is 11.3 Å². The molecule has 1 unspecified atom stereocenters. The highest BCUT2D eigenvalue weighted by Crippen LogP contribution is 2.15. The lowest BCUT2D eigenvalue weighted by molar-refractivity contribution is -0.885. The number of likely N-dealkylation sites (N-methyl/N-ethyl adjacent to an activating group) is 1. The Bertz CT molecular complexity index is 704. The van der Waals surface area contributed by atoms with Gasteiger partial charge in [0.2, 0.25) is 0 Å². The molecular weight excluding hydrogens is 318 g/mol. The molecule has 1 amide bonds. The molecule has 0 aliphatic rings. The number of quaternary nitrogens is 1. The van der Waals surface area contributed by atoms with Gasteiger partial charge >= 0.3 is 0 Å². The first kappa shape index (κ1) is 16.9. The van der Waals surface area contributed by atoms with Crippen LogP contribution in [0.1, 0.15) is 5.56 Å². The van der Waals surface area contributed by atoms with E-state index in [0.29, 0.717) is 17.3 Å². The van der Waals surface area contributed by atoms with Crippen molar-refractivity contribution >= 4 is 28.9 Å². The smallest absolute Gasteiger partial charge is 0.279 e. The van der Waals surface area contributed by atoms with E-state index < -0.39 is 4.92 Å². The standard InChI is InChI=1S/C16H16ClN3O3/c1-19(10-12-4-2-3-5-15(12)17)11-16(21)18-13-6-8-14(9-7-13)20(22)23/h2-9H,10-11H2,1H3,(H,18,21)/p+1. The van der Waals surface area contributed by atoms with E-state index in [1.54, 1.807) is 0 Å². The number of amides is 1. The zero-order valence-corrected chi connectivity index (χ0v) is 13.3. The fraction of sp³-hybridized carbons (Fsp3) is 0.188. The van der Waals surface area contributed by atoms with E-state index in [4.69, 9.17) is 11.6 Å². The Kier molecular flexibility index (Phi) is 5.67. The van der Waals surface area contributed by atoms with Crippen molar-refractivity contribution in [2.45, 2.75) is 6.54 Å². The molecule has 0 bridgehead atoms. The van der Waals surface area contributed by atoms with Crippen LogP contribution in [0.4, 0.5) is 11.4 Å². The lowest BCUT2D eigenvalue weighted by atomic mass is 10.2. The van der Waals surface area contributed by atoms with Crippen molar-refractivity contribution in [1.82, 2.24) is 0 Å². The second-order valence-electron chi connectivity index (χ2n) is 5.25. The summed E-state index contributed by atoms with van der Waals surface area (Å²) < 4.78 is 0. The first-order valence-electron chi connectivity index (χ1n) is 7.04. The van der Waals surface area contributed by atoms with Gasteiger partial charge in [0, 0.05) is 28.4 Å². The summed E-state index contributed by atoms with van der Waals surface area (Å²) in [5, 5.41) is 14.0. The number of rotatable bonds is 6. The van der Waals surface area contributed by atoms with Crippen LogP contribution in [0.25, 0.3) is 0 Å². The van der Waals surface area contributed by atoms with Crippen LogP contribution in [-0.4, -0.2) is 24.4 Å². The van der Waals surface area contributed by atoms with E-state index >= 15 is 0 Å². The minimum atomic E-state index is -0.479. The molecule has 2 rings (SSSR count). The molecule has 120 valence electrons. The fourth-order valence-corrected chi connectivity index (χ4v) is 2.38. The summed E-state index contributed by atoms with van der Waals surface area (Å²) in [5.41, 5.74) is 1.51. The van der Waals surface area contributed by atoms with Gasteiger partial charge in [-0.05, 0) is 18.2 Å². The Hall–Kier alpha value is -2.44. The van der Waals surface area contributed by atoms with E-state index in [2.05, 4.69) is 5.32 Å². The second kappa shape index (κ2) is 7.71. The number of carbonyl (C=O) groups excluding carboxylic acids is 1. The van der Waals surface area contributed by atoms with Gasteiger partial charge in [0.25, 0.3) is 11.6 Å². The van der Waals surface area contributed by atoms with Crippen LogP contribution >= 0.6 is 11.6 Å².